The normalized spacial score (nSPS) is 19.1. The predicted molar refractivity (Wildman–Crippen MR) is 86.1 cm³/mol. The average Bonchev–Trinajstić information content (AvgIpc) is 2.46. The Bertz CT molecular complexity index is 697. The Labute approximate surface area is 136 Å². The van der Waals surface area contributed by atoms with E-state index >= 15 is 0 Å². The van der Waals surface area contributed by atoms with Crippen molar-refractivity contribution in [2.75, 3.05) is 6.26 Å². The molecule has 2 rings (SSSR count). The molecule has 0 aromatic heterocycles. The first kappa shape index (κ1) is 17.9. The summed E-state index contributed by atoms with van der Waals surface area (Å²) in [6, 6.07) is 3.43. The van der Waals surface area contributed by atoms with E-state index in [-0.39, 0.29) is 10.8 Å². The topological polar surface area (TPSA) is 89.3 Å². The van der Waals surface area contributed by atoms with Crippen LogP contribution in [-0.4, -0.2) is 26.1 Å². The van der Waals surface area contributed by atoms with Crippen LogP contribution in [0.5, 0.6) is 0 Å². The van der Waals surface area contributed by atoms with E-state index in [9.17, 15) is 17.6 Å². The molecule has 0 radical (unpaired) electrons. The zero-order valence-electron chi connectivity index (χ0n) is 13.4. The second kappa shape index (κ2) is 6.57. The number of carbonyl (C=O) groups is 1. The van der Waals surface area contributed by atoms with Gasteiger partial charge in [0.15, 0.2) is 9.84 Å². The van der Waals surface area contributed by atoms with Gasteiger partial charge in [0.1, 0.15) is 10.7 Å². The average molecular weight is 342 g/mol. The van der Waals surface area contributed by atoms with Gasteiger partial charge in [0.05, 0.1) is 11.6 Å². The van der Waals surface area contributed by atoms with Crippen molar-refractivity contribution >= 4 is 15.7 Å². The van der Waals surface area contributed by atoms with Gasteiger partial charge in [-0.2, -0.15) is 0 Å². The summed E-state index contributed by atoms with van der Waals surface area (Å²) in [7, 11) is -3.61. The SMILES string of the molecule is CC(NC(=O)C1(N)CCCCC1)c1ccc(S(C)(=O)=O)c(F)c1. The molecule has 1 amide bonds. The van der Waals surface area contributed by atoms with E-state index in [0.29, 0.717) is 18.4 Å². The maximum atomic E-state index is 14.0. The molecule has 1 atom stereocenters. The van der Waals surface area contributed by atoms with Gasteiger partial charge in [0, 0.05) is 6.26 Å². The number of hydrogen-bond donors (Lipinski definition) is 2. The third-order valence-corrected chi connectivity index (χ3v) is 5.53. The number of rotatable bonds is 4. The summed E-state index contributed by atoms with van der Waals surface area (Å²) in [5.74, 6) is -1.05. The molecule has 0 aliphatic heterocycles. The maximum absolute atomic E-state index is 14.0. The van der Waals surface area contributed by atoms with Gasteiger partial charge in [-0.05, 0) is 37.5 Å². The first-order valence-corrected chi connectivity index (χ1v) is 9.62. The summed E-state index contributed by atoms with van der Waals surface area (Å²) in [5.41, 5.74) is 5.81. The van der Waals surface area contributed by atoms with Crippen molar-refractivity contribution in [1.82, 2.24) is 5.32 Å². The summed E-state index contributed by atoms with van der Waals surface area (Å²) in [6.45, 7) is 1.72. The molecule has 1 aliphatic rings. The third-order valence-electron chi connectivity index (χ3n) is 4.40. The number of hydrogen-bond acceptors (Lipinski definition) is 4. The Morgan fingerprint density at radius 1 is 1.30 bits per heavy atom. The van der Waals surface area contributed by atoms with Crippen LogP contribution < -0.4 is 11.1 Å². The van der Waals surface area contributed by atoms with Crippen LogP contribution in [0.1, 0.15) is 50.6 Å². The van der Waals surface area contributed by atoms with E-state index in [2.05, 4.69) is 5.32 Å². The van der Waals surface area contributed by atoms with Gasteiger partial charge in [-0.25, -0.2) is 12.8 Å². The number of nitrogens with one attached hydrogen (secondary N) is 1. The lowest BCUT2D eigenvalue weighted by molar-refractivity contribution is -0.128. The van der Waals surface area contributed by atoms with E-state index in [1.165, 1.54) is 12.1 Å². The van der Waals surface area contributed by atoms with E-state index in [4.69, 9.17) is 5.73 Å². The zero-order valence-corrected chi connectivity index (χ0v) is 14.2. The summed E-state index contributed by atoms with van der Waals surface area (Å²) < 4.78 is 36.8. The van der Waals surface area contributed by atoms with Crippen molar-refractivity contribution in [3.8, 4) is 0 Å². The predicted octanol–water partition coefficient (Wildman–Crippen LogP) is 2.07. The Morgan fingerprint density at radius 2 is 1.91 bits per heavy atom. The molecule has 23 heavy (non-hydrogen) atoms. The highest BCUT2D eigenvalue weighted by molar-refractivity contribution is 7.90. The Balaban J connectivity index is 2.13. The monoisotopic (exact) mass is 342 g/mol. The molecule has 0 heterocycles. The number of benzene rings is 1. The maximum Gasteiger partial charge on any atom is 0.240 e. The molecule has 1 saturated carbocycles. The zero-order chi connectivity index (χ0) is 17.3. The van der Waals surface area contributed by atoms with Crippen LogP contribution in [0.2, 0.25) is 0 Å². The number of nitrogens with two attached hydrogens (primary N) is 1. The summed E-state index contributed by atoms with van der Waals surface area (Å²) >= 11 is 0. The minimum Gasteiger partial charge on any atom is -0.348 e. The van der Waals surface area contributed by atoms with Crippen LogP contribution in [0.4, 0.5) is 4.39 Å². The quantitative estimate of drug-likeness (QED) is 0.876. The largest absolute Gasteiger partial charge is 0.348 e. The first-order valence-electron chi connectivity index (χ1n) is 7.73. The second-order valence-corrected chi connectivity index (χ2v) is 8.36. The van der Waals surface area contributed by atoms with Gasteiger partial charge in [0.2, 0.25) is 5.91 Å². The molecule has 5 nitrogen and oxygen atoms in total. The minimum absolute atomic E-state index is 0.239. The fraction of sp³-hybridized carbons (Fsp3) is 0.562. The molecule has 0 spiro atoms. The minimum atomic E-state index is -3.61. The summed E-state index contributed by atoms with van der Waals surface area (Å²) in [4.78, 5) is 12.0. The van der Waals surface area contributed by atoms with Crippen molar-refractivity contribution < 1.29 is 17.6 Å². The molecule has 1 fully saturated rings. The molecule has 1 aromatic carbocycles. The third kappa shape index (κ3) is 4.09. The molecular formula is C16H23FN2O3S. The Morgan fingerprint density at radius 3 is 2.43 bits per heavy atom. The van der Waals surface area contributed by atoms with Crippen LogP contribution in [0, 0.1) is 5.82 Å². The van der Waals surface area contributed by atoms with Crippen LogP contribution >= 0.6 is 0 Å². The summed E-state index contributed by atoms with van der Waals surface area (Å²) in [5, 5.41) is 2.81. The van der Waals surface area contributed by atoms with Crippen molar-refractivity contribution in [1.29, 1.82) is 0 Å². The number of amides is 1. The van der Waals surface area contributed by atoms with Crippen molar-refractivity contribution in [3.63, 3.8) is 0 Å². The highest BCUT2D eigenvalue weighted by atomic mass is 32.2. The van der Waals surface area contributed by atoms with Gasteiger partial charge >= 0.3 is 0 Å². The number of carbonyl (C=O) groups excluding carboxylic acids is 1. The lowest BCUT2D eigenvalue weighted by Crippen LogP contribution is -2.55. The van der Waals surface area contributed by atoms with Gasteiger partial charge in [-0.1, -0.05) is 25.3 Å². The molecule has 1 aromatic rings. The van der Waals surface area contributed by atoms with E-state index in [1.807, 2.05) is 0 Å². The molecule has 7 heteroatoms. The van der Waals surface area contributed by atoms with Gasteiger partial charge in [0.25, 0.3) is 0 Å². The lowest BCUT2D eigenvalue weighted by Gasteiger charge is -2.33. The van der Waals surface area contributed by atoms with Crippen LogP contribution in [-0.2, 0) is 14.6 Å². The highest BCUT2D eigenvalue weighted by Gasteiger charge is 2.35. The van der Waals surface area contributed by atoms with Crippen molar-refractivity contribution in [2.24, 2.45) is 5.73 Å². The van der Waals surface area contributed by atoms with Crippen molar-refractivity contribution in [3.05, 3.63) is 29.6 Å². The van der Waals surface area contributed by atoms with Gasteiger partial charge in [-0.3, -0.25) is 4.79 Å². The van der Waals surface area contributed by atoms with E-state index in [0.717, 1.165) is 31.6 Å². The molecular weight excluding hydrogens is 319 g/mol. The molecule has 0 saturated heterocycles. The first-order chi connectivity index (χ1) is 10.6. The van der Waals surface area contributed by atoms with Gasteiger partial charge in [-0.15, -0.1) is 0 Å². The highest BCUT2D eigenvalue weighted by Crippen LogP contribution is 2.27. The number of sulfone groups is 1. The molecule has 1 unspecified atom stereocenters. The van der Waals surface area contributed by atoms with Crippen molar-refractivity contribution in [2.45, 2.75) is 55.5 Å². The second-order valence-electron chi connectivity index (χ2n) is 6.37. The molecule has 128 valence electrons. The lowest BCUT2D eigenvalue weighted by atomic mass is 9.81. The molecule has 3 N–H and O–H groups in total. The Hall–Kier alpha value is -1.47. The van der Waals surface area contributed by atoms with Gasteiger partial charge < -0.3 is 11.1 Å². The fourth-order valence-electron chi connectivity index (χ4n) is 2.92. The van der Waals surface area contributed by atoms with Crippen LogP contribution in [0.15, 0.2) is 23.1 Å². The fourth-order valence-corrected chi connectivity index (χ4v) is 3.65. The Kier molecular flexibility index (Phi) is 5.10. The number of halogens is 1. The van der Waals surface area contributed by atoms with Crippen LogP contribution in [0.25, 0.3) is 0 Å². The standard InChI is InChI=1S/C16H23FN2O3S/c1-11(19-15(20)16(18)8-4-3-5-9-16)12-6-7-14(13(17)10-12)23(2,21)22/h6-7,10-11H,3-5,8-9,18H2,1-2H3,(H,19,20). The smallest absolute Gasteiger partial charge is 0.240 e. The van der Waals surface area contributed by atoms with Crippen LogP contribution in [0.3, 0.4) is 0 Å². The van der Waals surface area contributed by atoms with E-state index < -0.39 is 27.2 Å². The summed E-state index contributed by atoms with van der Waals surface area (Å²) in [6.07, 6.45) is 5.18. The molecule has 0 bridgehead atoms. The molecule has 1 aliphatic carbocycles. The van der Waals surface area contributed by atoms with E-state index in [1.54, 1.807) is 6.92 Å².